The molecule has 1 aliphatic rings. The summed E-state index contributed by atoms with van der Waals surface area (Å²) in [5.41, 5.74) is 8.36. The number of hydrogen-bond donors (Lipinski definition) is 2. The van der Waals surface area contributed by atoms with Gasteiger partial charge in [-0.3, -0.25) is 0 Å². The van der Waals surface area contributed by atoms with Gasteiger partial charge in [0.05, 0.1) is 12.3 Å². The van der Waals surface area contributed by atoms with E-state index in [9.17, 15) is 0 Å². The van der Waals surface area contributed by atoms with E-state index in [1.165, 1.54) is 0 Å². The second-order valence-corrected chi connectivity index (χ2v) is 6.62. The molecule has 0 amide bonds. The Kier molecular flexibility index (Phi) is 3.41. The first kappa shape index (κ1) is 14.0. The van der Waals surface area contributed by atoms with Crippen LogP contribution in [0.5, 0.6) is 5.75 Å². The Morgan fingerprint density at radius 1 is 1.21 bits per heavy atom. The Balaban J connectivity index is 2.10. The lowest BCUT2D eigenvalue weighted by Gasteiger charge is -2.12. The molecule has 0 bridgehead atoms. The zero-order chi connectivity index (χ0) is 14.3. The van der Waals surface area contributed by atoms with Gasteiger partial charge in [-0.25, -0.2) is 0 Å². The summed E-state index contributed by atoms with van der Waals surface area (Å²) in [6, 6.07) is 6.44. The molecule has 2 rings (SSSR count). The molecule has 1 aromatic rings. The van der Waals surface area contributed by atoms with E-state index < -0.39 is 0 Å². The van der Waals surface area contributed by atoms with Crippen molar-refractivity contribution in [1.82, 2.24) is 0 Å². The molecule has 0 spiro atoms. The zero-order valence-corrected chi connectivity index (χ0v) is 12.7. The number of rotatable bonds is 5. The quantitative estimate of drug-likeness (QED) is 0.791. The number of ether oxygens (including phenoxy) is 1. The number of nitrogens with one attached hydrogen (secondary N) is 1. The van der Waals surface area contributed by atoms with Gasteiger partial charge in [-0.15, -0.1) is 0 Å². The van der Waals surface area contributed by atoms with Crippen LogP contribution in [-0.2, 0) is 0 Å². The van der Waals surface area contributed by atoms with Crippen LogP contribution in [0.1, 0.15) is 41.0 Å². The van der Waals surface area contributed by atoms with E-state index in [1.54, 1.807) is 0 Å². The molecule has 3 heteroatoms. The molecule has 0 aliphatic heterocycles. The highest BCUT2D eigenvalue weighted by molar-refractivity contribution is 5.62. The average molecular weight is 262 g/mol. The monoisotopic (exact) mass is 262 g/mol. The maximum atomic E-state index is 5.93. The van der Waals surface area contributed by atoms with Gasteiger partial charge in [-0.1, -0.05) is 34.6 Å². The van der Waals surface area contributed by atoms with Crippen molar-refractivity contribution in [2.75, 3.05) is 17.7 Å². The fraction of sp³-hybridized carbons (Fsp3) is 0.625. The maximum Gasteiger partial charge on any atom is 0.144 e. The Morgan fingerprint density at radius 2 is 1.84 bits per heavy atom. The Labute approximate surface area is 116 Å². The smallest absolute Gasteiger partial charge is 0.144 e. The van der Waals surface area contributed by atoms with E-state index >= 15 is 0 Å². The summed E-state index contributed by atoms with van der Waals surface area (Å²) in [6.07, 6.45) is 0.986. The van der Waals surface area contributed by atoms with E-state index in [1.807, 2.05) is 18.2 Å². The van der Waals surface area contributed by atoms with Gasteiger partial charge in [0.1, 0.15) is 5.75 Å². The SMILES string of the molecule is CCCOc1cc(NC2C(C)(C)C2(C)C)ccc1N. The highest BCUT2D eigenvalue weighted by atomic mass is 16.5. The van der Waals surface area contributed by atoms with Gasteiger partial charge in [-0.2, -0.15) is 0 Å². The predicted octanol–water partition coefficient (Wildman–Crippen LogP) is 3.90. The fourth-order valence-electron chi connectivity index (χ4n) is 2.69. The number of nitrogens with two attached hydrogens (primary N) is 1. The van der Waals surface area contributed by atoms with E-state index in [-0.39, 0.29) is 0 Å². The van der Waals surface area contributed by atoms with Crippen LogP contribution >= 0.6 is 0 Å². The van der Waals surface area contributed by atoms with Gasteiger partial charge in [0.25, 0.3) is 0 Å². The van der Waals surface area contributed by atoms with Gasteiger partial charge >= 0.3 is 0 Å². The molecule has 0 aromatic heterocycles. The average Bonchev–Trinajstić information content (AvgIpc) is 2.72. The van der Waals surface area contributed by atoms with Crippen LogP contribution in [0.2, 0.25) is 0 Å². The largest absolute Gasteiger partial charge is 0.491 e. The van der Waals surface area contributed by atoms with Crippen LogP contribution in [0, 0.1) is 10.8 Å². The van der Waals surface area contributed by atoms with E-state index in [0.29, 0.717) is 29.2 Å². The molecule has 19 heavy (non-hydrogen) atoms. The minimum Gasteiger partial charge on any atom is -0.491 e. The minimum absolute atomic E-state index is 0.318. The molecule has 1 aromatic carbocycles. The Morgan fingerprint density at radius 3 is 2.37 bits per heavy atom. The zero-order valence-electron chi connectivity index (χ0n) is 12.7. The molecule has 1 saturated carbocycles. The van der Waals surface area contributed by atoms with Gasteiger partial charge < -0.3 is 15.8 Å². The normalized spacial score (nSPS) is 20.1. The summed E-state index contributed by atoms with van der Waals surface area (Å²) < 4.78 is 5.67. The second kappa shape index (κ2) is 4.62. The number of anilines is 2. The summed E-state index contributed by atoms with van der Waals surface area (Å²) in [4.78, 5) is 0. The molecule has 0 unspecified atom stereocenters. The molecule has 1 aliphatic carbocycles. The van der Waals surface area contributed by atoms with Crippen molar-refractivity contribution in [1.29, 1.82) is 0 Å². The summed E-state index contributed by atoms with van der Waals surface area (Å²) >= 11 is 0. The minimum atomic E-state index is 0.318. The molecule has 0 atom stereocenters. The molecule has 106 valence electrons. The molecule has 0 radical (unpaired) electrons. The summed E-state index contributed by atoms with van der Waals surface area (Å²) in [5, 5.41) is 3.60. The Hall–Kier alpha value is -1.38. The molecule has 3 N–H and O–H groups in total. The lowest BCUT2D eigenvalue weighted by molar-refractivity contribution is 0.319. The van der Waals surface area contributed by atoms with Crippen molar-refractivity contribution >= 4 is 11.4 Å². The molecular weight excluding hydrogens is 236 g/mol. The van der Waals surface area contributed by atoms with Crippen molar-refractivity contribution < 1.29 is 4.74 Å². The van der Waals surface area contributed by atoms with Crippen LogP contribution in [0.4, 0.5) is 11.4 Å². The third-order valence-corrected chi connectivity index (χ3v) is 4.81. The standard InChI is InChI=1S/C16H26N2O/c1-6-9-19-13-10-11(7-8-12(13)17)18-14-15(2,3)16(14,4)5/h7-8,10,14,18H,6,9,17H2,1-5H3. The van der Waals surface area contributed by atoms with Gasteiger partial charge in [-0.05, 0) is 29.4 Å². The van der Waals surface area contributed by atoms with Crippen LogP contribution in [0.25, 0.3) is 0 Å². The first-order valence-electron chi connectivity index (χ1n) is 7.09. The van der Waals surface area contributed by atoms with Crippen LogP contribution < -0.4 is 15.8 Å². The van der Waals surface area contributed by atoms with Crippen LogP contribution in [0.3, 0.4) is 0 Å². The molecule has 0 heterocycles. The predicted molar refractivity (Wildman–Crippen MR) is 81.6 cm³/mol. The molecular formula is C16H26N2O. The number of hydrogen-bond acceptors (Lipinski definition) is 3. The third-order valence-electron chi connectivity index (χ3n) is 4.81. The highest BCUT2D eigenvalue weighted by Gasteiger charge is 2.64. The van der Waals surface area contributed by atoms with Gasteiger partial charge in [0.2, 0.25) is 0 Å². The number of benzene rings is 1. The molecule has 0 saturated heterocycles. The summed E-state index contributed by atoms with van der Waals surface area (Å²) in [6.45, 7) is 12.0. The van der Waals surface area contributed by atoms with E-state index in [4.69, 9.17) is 10.5 Å². The van der Waals surface area contributed by atoms with Crippen LogP contribution in [-0.4, -0.2) is 12.6 Å². The van der Waals surface area contributed by atoms with Crippen molar-refractivity contribution in [2.45, 2.75) is 47.1 Å². The summed E-state index contributed by atoms with van der Waals surface area (Å²) in [7, 11) is 0. The fourth-order valence-corrected chi connectivity index (χ4v) is 2.69. The lowest BCUT2D eigenvalue weighted by atomic mass is 10.0. The van der Waals surface area contributed by atoms with Crippen LogP contribution in [0.15, 0.2) is 18.2 Å². The maximum absolute atomic E-state index is 5.93. The molecule has 3 nitrogen and oxygen atoms in total. The topological polar surface area (TPSA) is 47.3 Å². The highest BCUT2D eigenvalue weighted by Crippen LogP contribution is 2.63. The lowest BCUT2D eigenvalue weighted by Crippen LogP contribution is -2.10. The van der Waals surface area contributed by atoms with Crippen molar-refractivity contribution in [3.05, 3.63) is 18.2 Å². The van der Waals surface area contributed by atoms with Gasteiger partial charge in [0.15, 0.2) is 0 Å². The Bertz CT molecular complexity index is 452. The first-order valence-corrected chi connectivity index (χ1v) is 7.09. The summed E-state index contributed by atoms with van der Waals surface area (Å²) in [5.74, 6) is 0.781. The number of nitrogen functional groups attached to an aromatic ring is 1. The van der Waals surface area contributed by atoms with Crippen molar-refractivity contribution in [2.24, 2.45) is 10.8 Å². The van der Waals surface area contributed by atoms with Gasteiger partial charge in [0, 0.05) is 17.8 Å². The first-order chi connectivity index (χ1) is 8.80. The van der Waals surface area contributed by atoms with E-state index in [2.05, 4.69) is 39.9 Å². The van der Waals surface area contributed by atoms with E-state index in [0.717, 1.165) is 17.9 Å². The van der Waals surface area contributed by atoms with Crippen molar-refractivity contribution in [3.8, 4) is 5.75 Å². The van der Waals surface area contributed by atoms with Crippen molar-refractivity contribution in [3.63, 3.8) is 0 Å². The molecule has 1 fully saturated rings. The second-order valence-electron chi connectivity index (χ2n) is 6.62. The third kappa shape index (κ3) is 2.38.